The van der Waals surface area contributed by atoms with Crippen molar-refractivity contribution in [1.29, 1.82) is 0 Å². The summed E-state index contributed by atoms with van der Waals surface area (Å²) in [6, 6.07) is 14.5. The Morgan fingerprint density at radius 3 is 2.36 bits per heavy atom. The zero-order valence-electron chi connectivity index (χ0n) is 16.8. The molecule has 2 heterocycles. The maximum atomic E-state index is 12.6. The highest BCUT2D eigenvalue weighted by molar-refractivity contribution is 7.99. The lowest BCUT2D eigenvalue weighted by Crippen LogP contribution is -2.14. The van der Waals surface area contributed by atoms with Crippen LogP contribution in [0.5, 0.6) is 11.5 Å². The Hall–Kier alpha value is -3.86. The molecule has 1 amide bonds. The number of alkyl halides is 3. The molecule has 4 aromatic rings. The number of benzene rings is 2. The van der Waals surface area contributed by atoms with Crippen molar-refractivity contribution in [3.63, 3.8) is 0 Å². The van der Waals surface area contributed by atoms with Crippen molar-refractivity contribution in [3.05, 3.63) is 78.6 Å². The van der Waals surface area contributed by atoms with Gasteiger partial charge in [-0.15, -0.1) is 5.10 Å². The van der Waals surface area contributed by atoms with Gasteiger partial charge >= 0.3 is 6.18 Å². The molecule has 0 spiro atoms. The number of nitrogens with one attached hydrogen (secondary N) is 2. The molecule has 2 N–H and O–H groups in total. The zero-order chi connectivity index (χ0) is 23.3. The summed E-state index contributed by atoms with van der Waals surface area (Å²) in [7, 11) is 0. The van der Waals surface area contributed by atoms with Crippen LogP contribution in [0.15, 0.2) is 78.2 Å². The van der Waals surface area contributed by atoms with E-state index in [1.165, 1.54) is 23.9 Å². The average Bonchev–Trinajstić information content (AvgIpc) is 3.29. The average molecular weight is 471 g/mol. The van der Waals surface area contributed by atoms with Crippen molar-refractivity contribution in [2.75, 3.05) is 11.1 Å². The number of thioether (sulfide) groups is 1. The van der Waals surface area contributed by atoms with E-state index in [9.17, 15) is 18.0 Å². The van der Waals surface area contributed by atoms with Gasteiger partial charge in [0.15, 0.2) is 5.82 Å². The molecule has 11 heteroatoms. The maximum Gasteiger partial charge on any atom is 0.416 e. The Morgan fingerprint density at radius 1 is 1.03 bits per heavy atom. The van der Waals surface area contributed by atoms with Crippen LogP contribution in [-0.2, 0) is 11.0 Å². The standard InChI is InChI=1S/C22H16F3N5O2S/c23-22(24,25)15-3-7-17(8-4-15)32-18-9-5-16(6-10-18)27-19(31)13-33-21-28-20(29-30-21)14-2-1-11-26-12-14/h1-12H,13H2,(H,27,31)(H,28,29,30). The SMILES string of the molecule is O=C(CSc1n[nH]c(-c2cccnc2)n1)Nc1ccc(Oc2ccc(C(F)(F)F)cc2)cc1. The molecule has 0 saturated carbocycles. The van der Waals surface area contributed by atoms with E-state index in [1.807, 2.05) is 6.07 Å². The minimum absolute atomic E-state index is 0.105. The Balaban J connectivity index is 1.27. The van der Waals surface area contributed by atoms with E-state index in [1.54, 1.807) is 42.7 Å². The van der Waals surface area contributed by atoms with E-state index in [4.69, 9.17) is 4.74 Å². The number of anilines is 1. The fourth-order valence-corrected chi connectivity index (χ4v) is 3.32. The number of aromatic nitrogens is 4. The van der Waals surface area contributed by atoms with E-state index < -0.39 is 11.7 Å². The van der Waals surface area contributed by atoms with Crippen molar-refractivity contribution in [3.8, 4) is 22.9 Å². The van der Waals surface area contributed by atoms with Crippen LogP contribution in [0.25, 0.3) is 11.4 Å². The minimum atomic E-state index is -4.40. The summed E-state index contributed by atoms with van der Waals surface area (Å²) in [5.74, 6) is 1.12. The molecule has 0 radical (unpaired) electrons. The van der Waals surface area contributed by atoms with Crippen molar-refractivity contribution >= 4 is 23.4 Å². The Bertz CT molecular complexity index is 1210. The third-order valence-corrected chi connectivity index (χ3v) is 5.13. The van der Waals surface area contributed by atoms with Crippen molar-refractivity contribution < 1.29 is 22.7 Å². The molecule has 2 aromatic carbocycles. The first-order valence-electron chi connectivity index (χ1n) is 9.57. The molecule has 0 bridgehead atoms. The molecule has 0 unspecified atom stereocenters. The van der Waals surface area contributed by atoms with Crippen LogP contribution < -0.4 is 10.1 Å². The molecule has 33 heavy (non-hydrogen) atoms. The summed E-state index contributed by atoms with van der Waals surface area (Å²) in [6.45, 7) is 0. The molecule has 0 saturated heterocycles. The van der Waals surface area contributed by atoms with Crippen molar-refractivity contribution in [2.24, 2.45) is 0 Å². The lowest BCUT2D eigenvalue weighted by molar-refractivity contribution is -0.137. The van der Waals surface area contributed by atoms with Gasteiger partial charge in [0.2, 0.25) is 11.1 Å². The summed E-state index contributed by atoms with van der Waals surface area (Å²) in [5, 5.41) is 10.1. The van der Waals surface area contributed by atoms with Gasteiger partial charge in [-0.25, -0.2) is 4.98 Å². The summed E-state index contributed by atoms with van der Waals surface area (Å²) in [5.41, 5.74) is 0.593. The smallest absolute Gasteiger partial charge is 0.416 e. The highest BCUT2D eigenvalue weighted by atomic mass is 32.2. The second-order valence-corrected chi connectivity index (χ2v) is 7.64. The predicted octanol–water partition coefficient (Wildman–Crippen LogP) is 5.41. The highest BCUT2D eigenvalue weighted by Gasteiger charge is 2.30. The second-order valence-electron chi connectivity index (χ2n) is 6.69. The molecular formula is C22H16F3N5O2S. The molecule has 2 aromatic heterocycles. The van der Waals surface area contributed by atoms with Gasteiger partial charge in [0.1, 0.15) is 11.5 Å². The fraction of sp³-hybridized carbons (Fsp3) is 0.0909. The quantitative estimate of drug-likeness (QED) is 0.350. The van der Waals surface area contributed by atoms with E-state index >= 15 is 0 Å². The number of carbonyl (C=O) groups excluding carboxylic acids is 1. The van der Waals surface area contributed by atoms with Crippen LogP contribution in [0.2, 0.25) is 0 Å². The number of halogens is 3. The van der Waals surface area contributed by atoms with E-state index in [2.05, 4.69) is 25.5 Å². The molecule has 168 valence electrons. The summed E-state index contributed by atoms with van der Waals surface area (Å²) < 4.78 is 43.4. The Morgan fingerprint density at radius 2 is 1.73 bits per heavy atom. The summed E-state index contributed by atoms with van der Waals surface area (Å²) in [4.78, 5) is 20.6. The van der Waals surface area contributed by atoms with Crippen molar-refractivity contribution in [2.45, 2.75) is 11.3 Å². The van der Waals surface area contributed by atoms with Gasteiger partial charge in [0.25, 0.3) is 0 Å². The number of amides is 1. The van der Waals surface area contributed by atoms with Gasteiger partial charge in [0, 0.05) is 23.6 Å². The molecule has 7 nitrogen and oxygen atoms in total. The number of carbonyl (C=O) groups is 1. The second kappa shape index (κ2) is 9.74. The van der Waals surface area contributed by atoms with Gasteiger partial charge in [-0.1, -0.05) is 11.8 Å². The number of ether oxygens (including phenoxy) is 1. The molecule has 4 rings (SSSR count). The van der Waals surface area contributed by atoms with Crippen LogP contribution >= 0.6 is 11.8 Å². The van der Waals surface area contributed by atoms with Crippen LogP contribution in [0.3, 0.4) is 0 Å². The number of rotatable bonds is 7. The Labute approximate surface area is 190 Å². The number of nitrogens with zero attached hydrogens (tertiary/aromatic N) is 3. The first-order chi connectivity index (χ1) is 15.9. The first kappa shape index (κ1) is 22.3. The first-order valence-corrected chi connectivity index (χ1v) is 10.6. The lowest BCUT2D eigenvalue weighted by Gasteiger charge is -2.10. The summed E-state index contributed by atoms with van der Waals surface area (Å²) >= 11 is 1.18. The van der Waals surface area contributed by atoms with Crippen LogP contribution in [0.1, 0.15) is 5.56 Å². The van der Waals surface area contributed by atoms with Gasteiger partial charge in [-0.05, 0) is 60.7 Å². The molecule has 0 atom stereocenters. The third-order valence-electron chi connectivity index (χ3n) is 4.29. The van der Waals surface area contributed by atoms with Gasteiger partial charge in [-0.2, -0.15) is 13.2 Å². The predicted molar refractivity (Wildman–Crippen MR) is 117 cm³/mol. The highest BCUT2D eigenvalue weighted by Crippen LogP contribution is 2.31. The molecule has 0 aliphatic heterocycles. The van der Waals surface area contributed by atoms with Gasteiger partial charge in [-0.3, -0.25) is 14.9 Å². The number of pyridine rings is 1. The van der Waals surface area contributed by atoms with Crippen molar-refractivity contribution in [1.82, 2.24) is 20.2 Å². The monoisotopic (exact) mass is 471 g/mol. The van der Waals surface area contributed by atoms with Gasteiger partial charge in [0.05, 0.1) is 11.3 Å². The normalized spacial score (nSPS) is 11.2. The molecule has 0 aliphatic rings. The van der Waals surface area contributed by atoms with Gasteiger partial charge < -0.3 is 10.1 Å². The largest absolute Gasteiger partial charge is 0.457 e. The number of aromatic amines is 1. The zero-order valence-corrected chi connectivity index (χ0v) is 17.7. The number of hydrogen-bond acceptors (Lipinski definition) is 6. The number of H-pyrrole nitrogens is 1. The topological polar surface area (TPSA) is 92.8 Å². The molecule has 0 fully saturated rings. The summed E-state index contributed by atoms with van der Waals surface area (Å²) in [6.07, 6.45) is -1.08. The fourth-order valence-electron chi connectivity index (χ4n) is 2.72. The minimum Gasteiger partial charge on any atom is -0.457 e. The number of hydrogen-bond donors (Lipinski definition) is 2. The van der Waals surface area contributed by atoms with E-state index in [0.717, 1.165) is 17.7 Å². The Kier molecular flexibility index (Phi) is 6.59. The molecular weight excluding hydrogens is 455 g/mol. The van der Waals surface area contributed by atoms with Crippen LogP contribution in [0, 0.1) is 0 Å². The van der Waals surface area contributed by atoms with Crippen LogP contribution in [0.4, 0.5) is 18.9 Å². The van der Waals surface area contributed by atoms with E-state index in [-0.39, 0.29) is 17.4 Å². The lowest BCUT2D eigenvalue weighted by atomic mass is 10.2. The maximum absolute atomic E-state index is 12.6. The third kappa shape index (κ3) is 6.10. The van der Waals surface area contributed by atoms with Crippen LogP contribution in [-0.4, -0.2) is 31.8 Å². The molecule has 0 aliphatic carbocycles. The van der Waals surface area contributed by atoms with E-state index in [0.29, 0.717) is 22.4 Å².